The Labute approximate surface area is 152 Å². The second kappa shape index (κ2) is 6.38. The summed E-state index contributed by atoms with van der Waals surface area (Å²) in [4.78, 5) is 49.6. The molecule has 2 aromatic heterocycles. The van der Waals surface area contributed by atoms with Gasteiger partial charge in [-0.15, -0.1) is 0 Å². The molecular formula is C17H17N5O5. The third kappa shape index (κ3) is 2.98. The number of carboxylic acid groups (broad SMARTS) is 1. The number of aryl methyl sites for hydroxylation is 1. The van der Waals surface area contributed by atoms with E-state index in [1.807, 2.05) is 4.90 Å². The van der Waals surface area contributed by atoms with Gasteiger partial charge in [-0.05, 0) is 18.6 Å². The summed E-state index contributed by atoms with van der Waals surface area (Å²) >= 11 is 0. The smallest absolute Gasteiger partial charge is 0.341 e. The van der Waals surface area contributed by atoms with Gasteiger partial charge in [0.2, 0.25) is 11.3 Å². The highest BCUT2D eigenvalue weighted by Gasteiger charge is 2.34. The van der Waals surface area contributed by atoms with Crippen LogP contribution < -0.4 is 15.6 Å². The molecule has 27 heavy (non-hydrogen) atoms. The van der Waals surface area contributed by atoms with Crippen LogP contribution in [0.3, 0.4) is 0 Å². The lowest BCUT2D eigenvalue weighted by molar-refractivity contribution is -0.124. The Kier molecular flexibility index (Phi) is 4.02. The molecule has 0 aliphatic carbocycles. The first-order valence-electron chi connectivity index (χ1n) is 8.45. The molecule has 10 heteroatoms. The Morgan fingerprint density at radius 1 is 1.41 bits per heavy atom. The number of aromatic amines is 1. The molecule has 10 nitrogen and oxygen atoms in total. The van der Waals surface area contributed by atoms with Crippen molar-refractivity contribution in [3.05, 3.63) is 33.6 Å². The van der Waals surface area contributed by atoms with E-state index < -0.39 is 11.4 Å². The van der Waals surface area contributed by atoms with Crippen LogP contribution in [0, 0.1) is 12.8 Å². The standard InChI is InChI=1S/C17H17N5O5/c1-8-4-12(20-15-13(8)14(23)10(5-18-15)17(25)26)22-6-9(7-22)16(24)19-11-2-3-27-21-11/h4-5,9H,2-3,6-7H2,1H3,(H,25,26)(H,18,20,23)(H,19,21,24). The lowest BCUT2D eigenvalue weighted by atomic mass is 9.98. The molecule has 0 unspecified atom stereocenters. The van der Waals surface area contributed by atoms with E-state index in [2.05, 4.69) is 20.4 Å². The number of anilines is 1. The van der Waals surface area contributed by atoms with Gasteiger partial charge in [0.1, 0.15) is 23.6 Å². The third-order valence-electron chi connectivity index (χ3n) is 4.71. The highest BCUT2D eigenvalue weighted by molar-refractivity contribution is 6.00. The Morgan fingerprint density at radius 3 is 2.85 bits per heavy atom. The molecule has 0 spiro atoms. The number of hydrogen-bond acceptors (Lipinski definition) is 7. The minimum Gasteiger partial charge on any atom is -0.477 e. The van der Waals surface area contributed by atoms with Crippen molar-refractivity contribution in [1.82, 2.24) is 15.3 Å². The lowest BCUT2D eigenvalue weighted by Gasteiger charge is -2.39. The number of nitrogens with one attached hydrogen (secondary N) is 2. The fraction of sp³-hybridized carbons (Fsp3) is 0.353. The van der Waals surface area contributed by atoms with Crippen LogP contribution >= 0.6 is 0 Å². The summed E-state index contributed by atoms with van der Waals surface area (Å²) in [6.07, 6.45) is 1.75. The molecule has 1 amide bonds. The lowest BCUT2D eigenvalue weighted by Crippen LogP contribution is -2.54. The number of H-pyrrole nitrogens is 1. The molecule has 0 aromatic carbocycles. The topological polar surface area (TPSA) is 137 Å². The largest absolute Gasteiger partial charge is 0.477 e. The monoisotopic (exact) mass is 371 g/mol. The van der Waals surface area contributed by atoms with Crippen LogP contribution in [0.5, 0.6) is 0 Å². The van der Waals surface area contributed by atoms with Gasteiger partial charge in [-0.1, -0.05) is 5.16 Å². The number of hydrogen-bond donors (Lipinski definition) is 3. The number of carbonyl (C=O) groups is 2. The van der Waals surface area contributed by atoms with Gasteiger partial charge in [0.05, 0.1) is 11.3 Å². The molecule has 4 heterocycles. The SMILES string of the molecule is Cc1cc(N2CC(C(=O)NC3=NOCC3)C2)nc2[nH]cc(C(=O)O)c(=O)c12. The third-order valence-corrected chi connectivity index (χ3v) is 4.71. The molecule has 0 saturated carbocycles. The van der Waals surface area contributed by atoms with Gasteiger partial charge in [0.25, 0.3) is 0 Å². The molecule has 140 valence electrons. The Bertz CT molecular complexity index is 1040. The molecular weight excluding hydrogens is 354 g/mol. The number of carboxylic acids is 1. The zero-order valence-electron chi connectivity index (χ0n) is 14.5. The fourth-order valence-electron chi connectivity index (χ4n) is 3.18. The number of fused-ring (bicyclic) bond motifs is 1. The van der Waals surface area contributed by atoms with E-state index in [4.69, 9.17) is 9.94 Å². The Balaban J connectivity index is 1.52. The maximum Gasteiger partial charge on any atom is 0.341 e. The molecule has 3 N–H and O–H groups in total. The molecule has 2 aliphatic rings. The van der Waals surface area contributed by atoms with E-state index >= 15 is 0 Å². The summed E-state index contributed by atoms with van der Waals surface area (Å²) in [5.41, 5.74) is 0.0722. The Morgan fingerprint density at radius 2 is 2.19 bits per heavy atom. The van der Waals surface area contributed by atoms with Crippen molar-refractivity contribution in [3.63, 3.8) is 0 Å². The highest BCUT2D eigenvalue weighted by atomic mass is 16.6. The second-order valence-electron chi connectivity index (χ2n) is 6.57. The number of amidine groups is 1. The maximum absolute atomic E-state index is 12.3. The zero-order chi connectivity index (χ0) is 19.1. The van der Waals surface area contributed by atoms with Gasteiger partial charge in [-0.2, -0.15) is 0 Å². The van der Waals surface area contributed by atoms with Crippen LogP contribution in [0.15, 0.2) is 22.2 Å². The normalized spacial score (nSPS) is 16.6. The van der Waals surface area contributed by atoms with Gasteiger partial charge in [0.15, 0.2) is 5.84 Å². The average Bonchev–Trinajstić information content (AvgIpc) is 3.05. The van der Waals surface area contributed by atoms with Crippen molar-refractivity contribution >= 4 is 34.6 Å². The van der Waals surface area contributed by atoms with E-state index in [-0.39, 0.29) is 22.8 Å². The summed E-state index contributed by atoms with van der Waals surface area (Å²) in [6, 6.07) is 1.73. The van der Waals surface area contributed by atoms with Gasteiger partial charge < -0.3 is 25.1 Å². The quantitative estimate of drug-likeness (QED) is 0.702. The molecule has 1 fully saturated rings. The van der Waals surface area contributed by atoms with E-state index in [1.54, 1.807) is 13.0 Å². The summed E-state index contributed by atoms with van der Waals surface area (Å²) < 4.78 is 0. The number of aromatic nitrogens is 2. The molecule has 2 aromatic rings. The van der Waals surface area contributed by atoms with E-state index in [9.17, 15) is 14.4 Å². The predicted molar refractivity (Wildman–Crippen MR) is 95.9 cm³/mol. The van der Waals surface area contributed by atoms with E-state index in [0.29, 0.717) is 49.0 Å². The summed E-state index contributed by atoms with van der Waals surface area (Å²) in [5.74, 6) is -0.392. The highest BCUT2D eigenvalue weighted by Crippen LogP contribution is 2.26. The van der Waals surface area contributed by atoms with Crippen LogP contribution in [0.2, 0.25) is 0 Å². The molecule has 2 aliphatic heterocycles. The average molecular weight is 371 g/mol. The fourth-order valence-corrected chi connectivity index (χ4v) is 3.18. The first-order valence-corrected chi connectivity index (χ1v) is 8.45. The van der Waals surface area contributed by atoms with Gasteiger partial charge in [0, 0.05) is 25.7 Å². The van der Waals surface area contributed by atoms with Crippen LogP contribution in [0.25, 0.3) is 11.0 Å². The predicted octanol–water partition coefficient (Wildman–Crippen LogP) is 0.216. The maximum atomic E-state index is 12.3. The van der Waals surface area contributed by atoms with Gasteiger partial charge >= 0.3 is 5.97 Å². The minimum atomic E-state index is -1.28. The molecule has 1 saturated heterocycles. The number of oxime groups is 1. The van der Waals surface area contributed by atoms with Crippen LogP contribution in [0.4, 0.5) is 5.82 Å². The summed E-state index contributed by atoms with van der Waals surface area (Å²) in [5, 5.41) is 15.8. The van der Waals surface area contributed by atoms with Gasteiger partial charge in [-0.3, -0.25) is 9.59 Å². The molecule has 0 atom stereocenters. The number of amides is 1. The van der Waals surface area contributed by atoms with Crippen molar-refractivity contribution in [2.24, 2.45) is 11.1 Å². The minimum absolute atomic E-state index is 0.104. The summed E-state index contributed by atoms with van der Waals surface area (Å²) in [7, 11) is 0. The second-order valence-corrected chi connectivity index (χ2v) is 6.57. The zero-order valence-corrected chi connectivity index (χ0v) is 14.5. The Hall–Kier alpha value is -3.43. The van der Waals surface area contributed by atoms with Crippen LogP contribution in [-0.4, -0.2) is 52.5 Å². The molecule has 0 bridgehead atoms. The number of carbonyl (C=O) groups excluding carboxylic acids is 1. The van der Waals surface area contributed by atoms with Gasteiger partial charge in [-0.25, -0.2) is 9.78 Å². The van der Waals surface area contributed by atoms with Crippen molar-refractivity contribution in [1.29, 1.82) is 0 Å². The van der Waals surface area contributed by atoms with Crippen molar-refractivity contribution in [2.45, 2.75) is 13.3 Å². The van der Waals surface area contributed by atoms with Crippen molar-refractivity contribution in [3.8, 4) is 0 Å². The first kappa shape index (κ1) is 17.0. The van der Waals surface area contributed by atoms with Crippen molar-refractivity contribution in [2.75, 3.05) is 24.6 Å². The first-order chi connectivity index (χ1) is 12.9. The summed E-state index contributed by atoms with van der Waals surface area (Å²) in [6.45, 7) is 3.20. The number of nitrogens with zero attached hydrogens (tertiary/aromatic N) is 3. The molecule has 4 rings (SSSR count). The number of rotatable bonds is 3. The molecule has 0 radical (unpaired) electrons. The van der Waals surface area contributed by atoms with E-state index in [1.165, 1.54) is 0 Å². The van der Waals surface area contributed by atoms with Crippen LogP contribution in [-0.2, 0) is 9.63 Å². The van der Waals surface area contributed by atoms with Crippen molar-refractivity contribution < 1.29 is 19.5 Å². The number of aromatic carboxylic acids is 1. The number of pyridine rings is 2. The van der Waals surface area contributed by atoms with Crippen LogP contribution in [0.1, 0.15) is 22.3 Å². The van der Waals surface area contributed by atoms with E-state index in [0.717, 1.165) is 6.20 Å².